The van der Waals surface area contributed by atoms with Gasteiger partial charge in [-0.25, -0.2) is 0 Å². The number of ether oxygens (including phenoxy) is 1. The summed E-state index contributed by atoms with van der Waals surface area (Å²) in [4.78, 5) is 13.9. The van der Waals surface area contributed by atoms with Crippen molar-refractivity contribution < 1.29 is 24.9 Å². The van der Waals surface area contributed by atoms with Gasteiger partial charge in [-0.05, 0) is 30.5 Å². The molecule has 0 bridgehead atoms. The predicted octanol–water partition coefficient (Wildman–Crippen LogP) is 1.51. The van der Waals surface area contributed by atoms with Crippen LogP contribution in [0.1, 0.15) is 24.8 Å². The number of carbonyl (C=O) groups excluding carboxylic acids is 1. The van der Waals surface area contributed by atoms with E-state index in [2.05, 4.69) is 11.8 Å². The van der Waals surface area contributed by atoms with Crippen LogP contribution < -0.4 is 0 Å². The Bertz CT molecular complexity index is 725. The van der Waals surface area contributed by atoms with Crippen molar-refractivity contribution in [2.75, 3.05) is 19.8 Å². The highest BCUT2D eigenvalue weighted by Gasteiger charge is 2.25. The average Bonchev–Trinajstić information content (AvgIpc) is 2.64. The Labute approximate surface area is 170 Å². The monoisotopic (exact) mass is 407 g/mol. The SMILES string of the molecule is O=C1CCC[C@H](/C=C/C(O)Cc2cccc(Cl)c2)N1CC#CCOCC(O)O. The molecule has 1 aromatic rings. The van der Waals surface area contributed by atoms with Crippen LogP contribution in [0.3, 0.4) is 0 Å². The van der Waals surface area contributed by atoms with Gasteiger partial charge in [-0.2, -0.15) is 0 Å². The molecule has 1 aromatic carbocycles. The van der Waals surface area contributed by atoms with Gasteiger partial charge in [0.05, 0.1) is 25.3 Å². The van der Waals surface area contributed by atoms with Crippen LogP contribution in [0.2, 0.25) is 5.02 Å². The van der Waals surface area contributed by atoms with Gasteiger partial charge in [0, 0.05) is 17.9 Å². The van der Waals surface area contributed by atoms with E-state index in [4.69, 9.17) is 26.6 Å². The first-order valence-electron chi connectivity index (χ1n) is 9.25. The highest BCUT2D eigenvalue weighted by molar-refractivity contribution is 6.30. The lowest BCUT2D eigenvalue weighted by Crippen LogP contribution is -2.42. The summed E-state index contributed by atoms with van der Waals surface area (Å²) >= 11 is 5.97. The van der Waals surface area contributed by atoms with E-state index in [1.807, 2.05) is 24.3 Å². The number of hydrogen-bond acceptors (Lipinski definition) is 5. The molecular weight excluding hydrogens is 382 g/mol. The Morgan fingerprint density at radius 3 is 2.89 bits per heavy atom. The maximum Gasteiger partial charge on any atom is 0.223 e. The Morgan fingerprint density at radius 2 is 2.14 bits per heavy atom. The zero-order chi connectivity index (χ0) is 20.4. The molecule has 28 heavy (non-hydrogen) atoms. The van der Waals surface area contributed by atoms with Crippen LogP contribution in [0.25, 0.3) is 0 Å². The summed E-state index contributed by atoms with van der Waals surface area (Å²) in [5.74, 6) is 5.67. The number of amides is 1. The minimum absolute atomic E-state index is 0.0335. The summed E-state index contributed by atoms with van der Waals surface area (Å²) in [6.07, 6.45) is 3.97. The summed E-state index contributed by atoms with van der Waals surface area (Å²) < 4.78 is 4.95. The zero-order valence-corrected chi connectivity index (χ0v) is 16.4. The topological polar surface area (TPSA) is 90.2 Å². The molecule has 1 fully saturated rings. The summed E-state index contributed by atoms with van der Waals surface area (Å²) in [5, 5.41) is 28.3. The van der Waals surface area contributed by atoms with Gasteiger partial charge in [0.15, 0.2) is 6.29 Å². The van der Waals surface area contributed by atoms with Gasteiger partial charge in [-0.3, -0.25) is 4.79 Å². The maximum absolute atomic E-state index is 12.2. The first-order chi connectivity index (χ1) is 13.5. The second-order valence-electron chi connectivity index (χ2n) is 6.62. The molecule has 2 atom stereocenters. The van der Waals surface area contributed by atoms with E-state index in [0.717, 1.165) is 18.4 Å². The number of likely N-dealkylation sites (tertiary alicyclic amines) is 1. The third-order valence-corrected chi connectivity index (χ3v) is 4.55. The fourth-order valence-corrected chi connectivity index (χ4v) is 3.20. The van der Waals surface area contributed by atoms with E-state index < -0.39 is 12.4 Å². The van der Waals surface area contributed by atoms with Crippen molar-refractivity contribution in [2.24, 2.45) is 0 Å². The number of rotatable bonds is 8. The van der Waals surface area contributed by atoms with Gasteiger partial charge in [0.1, 0.15) is 6.61 Å². The van der Waals surface area contributed by atoms with E-state index in [0.29, 0.717) is 17.9 Å². The van der Waals surface area contributed by atoms with Crippen LogP contribution in [-0.4, -0.2) is 64.3 Å². The summed E-state index contributed by atoms with van der Waals surface area (Å²) in [6, 6.07) is 7.26. The highest BCUT2D eigenvalue weighted by Crippen LogP contribution is 2.19. The molecule has 1 saturated heterocycles. The Morgan fingerprint density at radius 1 is 1.32 bits per heavy atom. The molecule has 1 aliphatic heterocycles. The van der Waals surface area contributed by atoms with Crippen molar-refractivity contribution in [2.45, 2.75) is 44.1 Å². The molecule has 7 heteroatoms. The minimum atomic E-state index is -1.52. The van der Waals surface area contributed by atoms with Crippen LogP contribution >= 0.6 is 11.6 Å². The fraction of sp³-hybridized carbons (Fsp3) is 0.476. The largest absolute Gasteiger partial charge is 0.389 e. The highest BCUT2D eigenvalue weighted by atomic mass is 35.5. The molecule has 1 aliphatic rings. The predicted molar refractivity (Wildman–Crippen MR) is 106 cm³/mol. The molecule has 0 saturated carbocycles. The second-order valence-corrected chi connectivity index (χ2v) is 7.05. The summed E-state index contributed by atoms with van der Waals surface area (Å²) in [7, 11) is 0. The van der Waals surface area contributed by atoms with E-state index in [1.165, 1.54) is 0 Å². The third kappa shape index (κ3) is 8.01. The number of benzene rings is 1. The number of piperidine rings is 1. The molecule has 0 radical (unpaired) electrons. The van der Waals surface area contributed by atoms with Gasteiger partial charge in [-0.15, -0.1) is 0 Å². The molecule has 152 valence electrons. The Hall–Kier alpha value is -1.88. The van der Waals surface area contributed by atoms with E-state index in [1.54, 1.807) is 17.0 Å². The van der Waals surface area contributed by atoms with Crippen LogP contribution in [-0.2, 0) is 16.0 Å². The van der Waals surface area contributed by atoms with Crippen LogP contribution in [0, 0.1) is 11.8 Å². The molecule has 0 aliphatic carbocycles. The quantitative estimate of drug-likeness (QED) is 0.263. The molecule has 1 unspecified atom stereocenters. The van der Waals surface area contributed by atoms with Crippen molar-refractivity contribution in [1.29, 1.82) is 0 Å². The van der Waals surface area contributed by atoms with Crippen LogP contribution in [0.5, 0.6) is 0 Å². The molecule has 3 N–H and O–H groups in total. The smallest absolute Gasteiger partial charge is 0.223 e. The number of aliphatic hydroxyl groups is 3. The first-order valence-corrected chi connectivity index (χ1v) is 9.63. The Kier molecular flexibility index (Phi) is 9.48. The van der Waals surface area contributed by atoms with E-state index in [-0.39, 0.29) is 31.7 Å². The molecule has 1 amide bonds. The lowest BCUT2D eigenvalue weighted by atomic mass is 9.99. The van der Waals surface area contributed by atoms with Crippen molar-refractivity contribution in [3.63, 3.8) is 0 Å². The molecule has 1 heterocycles. The van der Waals surface area contributed by atoms with Crippen molar-refractivity contribution in [1.82, 2.24) is 4.90 Å². The van der Waals surface area contributed by atoms with Crippen molar-refractivity contribution in [3.05, 3.63) is 47.0 Å². The molecular formula is C21H26ClNO5. The van der Waals surface area contributed by atoms with Gasteiger partial charge in [-0.1, -0.05) is 47.7 Å². The van der Waals surface area contributed by atoms with Crippen LogP contribution in [0.15, 0.2) is 36.4 Å². The van der Waals surface area contributed by atoms with Gasteiger partial charge in [0.25, 0.3) is 0 Å². The zero-order valence-electron chi connectivity index (χ0n) is 15.6. The summed E-state index contributed by atoms with van der Waals surface area (Å²) in [5.41, 5.74) is 0.945. The first kappa shape index (κ1) is 22.4. The fourth-order valence-electron chi connectivity index (χ4n) is 2.99. The average molecular weight is 408 g/mol. The molecule has 2 rings (SSSR count). The minimum Gasteiger partial charge on any atom is -0.389 e. The normalized spacial score (nSPS) is 18.4. The van der Waals surface area contributed by atoms with Gasteiger partial charge in [0.2, 0.25) is 5.91 Å². The number of halogens is 1. The van der Waals surface area contributed by atoms with Crippen molar-refractivity contribution in [3.8, 4) is 11.8 Å². The number of nitrogens with zero attached hydrogens (tertiary/aromatic N) is 1. The number of carbonyl (C=O) groups is 1. The second kappa shape index (κ2) is 11.8. The molecule has 6 nitrogen and oxygen atoms in total. The van der Waals surface area contributed by atoms with Crippen molar-refractivity contribution >= 4 is 17.5 Å². The lowest BCUT2D eigenvalue weighted by Gasteiger charge is -2.32. The van der Waals surface area contributed by atoms with Gasteiger partial charge >= 0.3 is 0 Å². The van der Waals surface area contributed by atoms with Gasteiger partial charge < -0.3 is 25.0 Å². The molecule has 0 spiro atoms. The Balaban J connectivity index is 1.89. The summed E-state index contributed by atoms with van der Waals surface area (Å²) in [6.45, 7) is 0.134. The third-order valence-electron chi connectivity index (χ3n) is 4.32. The standard InChI is InChI=1S/C21H26ClNO5/c22-17-6-3-5-16(13-17)14-19(24)10-9-18-7-4-8-20(25)23(18)11-1-2-12-28-15-21(26)27/h3,5-6,9-10,13,18-19,21,24,26-27H,4,7-8,11-12,14-15H2/b10-9+/t18-,19?/m1/s1. The van der Waals surface area contributed by atoms with E-state index >= 15 is 0 Å². The number of hydrogen-bond donors (Lipinski definition) is 3. The molecule has 0 aromatic heterocycles. The lowest BCUT2D eigenvalue weighted by molar-refractivity contribution is -0.134. The maximum atomic E-state index is 12.2. The van der Waals surface area contributed by atoms with Crippen LogP contribution in [0.4, 0.5) is 0 Å². The van der Waals surface area contributed by atoms with E-state index in [9.17, 15) is 9.90 Å². The number of aliphatic hydroxyl groups excluding tert-OH is 2.